The highest BCUT2D eigenvalue weighted by molar-refractivity contribution is 6.05. The quantitative estimate of drug-likeness (QED) is 0.800. The van der Waals surface area contributed by atoms with Crippen molar-refractivity contribution in [3.05, 3.63) is 47.5 Å². The highest BCUT2D eigenvalue weighted by atomic mass is 16.5. The zero-order valence-corrected chi connectivity index (χ0v) is 17.3. The van der Waals surface area contributed by atoms with Crippen molar-refractivity contribution in [1.29, 1.82) is 0 Å². The summed E-state index contributed by atoms with van der Waals surface area (Å²) in [6.45, 7) is 4.54. The van der Waals surface area contributed by atoms with Crippen LogP contribution in [-0.2, 0) is 4.79 Å². The smallest absolute Gasteiger partial charge is 0.259 e. The molecule has 0 radical (unpaired) electrons. The Labute approximate surface area is 171 Å². The van der Waals surface area contributed by atoms with Gasteiger partial charge in [-0.15, -0.1) is 0 Å². The molecule has 154 valence electrons. The van der Waals surface area contributed by atoms with E-state index < -0.39 is 0 Å². The van der Waals surface area contributed by atoms with Crippen LogP contribution in [0, 0.1) is 6.92 Å². The molecule has 7 heteroatoms. The van der Waals surface area contributed by atoms with E-state index in [-0.39, 0.29) is 17.9 Å². The van der Waals surface area contributed by atoms with Crippen LogP contribution in [0.2, 0.25) is 0 Å². The summed E-state index contributed by atoms with van der Waals surface area (Å²) in [6.07, 6.45) is 5.81. The number of ether oxygens (including phenoxy) is 1. The summed E-state index contributed by atoms with van der Waals surface area (Å²) < 4.78 is 5.28. The molecular weight excluding hydrogens is 368 g/mol. The number of amides is 2. The number of anilines is 1. The van der Waals surface area contributed by atoms with E-state index in [2.05, 4.69) is 15.3 Å². The van der Waals surface area contributed by atoms with Gasteiger partial charge in [0.05, 0.1) is 30.1 Å². The minimum Gasteiger partial charge on any atom is -0.495 e. The number of hydrogen-bond acceptors (Lipinski definition) is 5. The van der Waals surface area contributed by atoms with Gasteiger partial charge in [0.2, 0.25) is 5.91 Å². The second-order valence-electron chi connectivity index (χ2n) is 7.23. The van der Waals surface area contributed by atoms with Crippen molar-refractivity contribution < 1.29 is 14.3 Å². The first-order valence-corrected chi connectivity index (χ1v) is 10.1. The first kappa shape index (κ1) is 20.8. The lowest BCUT2D eigenvalue weighted by Crippen LogP contribution is -2.39. The molecular formula is C22H28N4O3. The topological polar surface area (TPSA) is 84.4 Å². The number of aromatic nitrogens is 2. The maximum absolute atomic E-state index is 12.7. The molecule has 0 aliphatic carbocycles. The Morgan fingerprint density at radius 2 is 2.07 bits per heavy atom. The van der Waals surface area contributed by atoms with Crippen molar-refractivity contribution in [2.45, 2.75) is 52.0 Å². The second-order valence-corrected chi connectivity index (χ2v) is 7.23. The van der Waals surface area contributed by atoms with Gasteiger partial charge < -0.3 is 15.0 Å². The predicted molar refractivity (Wildman–Crippen MR) is 111 cm³/mol. The Hall–Kier alpha value is -2.96. The summed E-state index contributed by atoms with van der Waals surface area (Å²) in [5.41, 5.74) is 1.59. The van der Waals surface area contributed by atoms with Gasteiger partial charge in [-0.1, -0.05) is 19.1 Å². The van der Waals surface area contributed by atoms with Crippen LogP contribution >= 0.6 is 0 Å². The molecule has 1 aromatic heterocycles. The first-order chi connectivity index (χ1) is 14.0. The molecule has 1 aliphatic rings. The number of para-hydroxylation sites is 2. The number of carbonyl (C=O) groups excluding carboxylic acids is 2. The third-order valence-electron chi connectivity index (χ3n) is 5.18. The lowest BCUT2D eigenvalue weighted by Gasteiger charge is -2.35. The molecule has 2 heterocycles. The Morgan fingerprint density at radius 1 is 1.28 bits per heavy atom. The highest BCUT2D eigenvalue weighted by Crippen LogP contribution is 2.30. The number of hydrogen-bond donors (Lipinski definition) is 1. The molecule has 3 rings (SSSR count). The number of methoxy groups -OCH3 is 1. The average molecular weight is 396 g/mol. The van der Waals surface area contributed by atoms with Crippen molar-refractivity contribution in [2.75, 3.05) is 19.0 Å². The van der Waals surface area contributed by atoms with Crippen molar-refractivity contribution in [3.8, 4) is 5.75 Å². The van der Waals surface area contributed by atoms with E-state index in [9.17, 15) is 9.59 Å². The monoisotopic (exact) mass is 396 g/mol. The van der Waals surface area contributed by atoms with Crippen molar-refractivity contribution in [2.24, 2.45) is 0 Å². The van der Waals surface area contributed by atoms with Gasteiger partial charge in [-0.25, -0.2) is 9.97 Å². The zero-order chi connectivity index (χ0) is 20.8. The molecule has 0 spiro atoms. The molecule has 1 aliphatic heterocycles. The van der Waals surface area contributed by atoms with Crippen LogP contribution in [0.4, 0.5) is 5.69 Å². The van der Waals surface area contributed by atoms with E-state index in [0.717, 1.165) is 32.2 Å². The average Bonchev–Trinajstić information content (AvgIpc) is 2.74. The molecule has 2 aromatic rings. The van der Waals surface area contributed by atoms with Crippen LogP contribution in [0.15, 0.2) is 30.5 Å². The number of likely N-dealkylation sites (tertiary alicyclic amines) is 1. The maximum Gasteiger partial charge on any atom is 0.259 e. The van der Waals surface area contributed by atoms with Crippen molar-refractivity contribution in [3.63, 3.8) is 0 Å². The summed E-state index contributed by atoms with van der Waals surface area (Å²) in [4.78, 5) is 36.2. The van der Waals surface area contributed by atoms with E-state index in [1.165, 1.54) is 0 Å². The maximum atomic E-state index is 12.7. The second kappa shape index (κ2) is 9.49. The third kappa shape index (κ3) is 4.72. The molecule has 0 saturated carbocycles. The number of nitrogens with one attached hydrogen (secondary N) is 1. The fourth-order valence-electron chi connectivity index (χ4n) is 3.66. The fourth-order valence-corrected chi connectivity index (χ4v) is 3.66. The van der Waals surface area contributed by atoms with Crippen molar-refractivity contribution >= 4 is 17.5 Å². The lowest BCUT2D eigenvalue weighted by atomic mass is 10.0. The number of piperidine rings is 1. The van der Waals surface area contributed by atoms with Crippen LogP contribution < -0.4 is 10.1 Å². The number of rotatable bonds is 6. The minimum atomic E-state index is -0.291. The number of nitrogens with zero attached hydrogens (tertiary/aromatic N) is 3. The first-order valence-electron chi connectivity index (χ1n) is 10.1. The van der Waals surface area contributed by atoms with E-state index in [4.69, 9.17) is 4.74 Å². The van der Waals surface area contributed by atoms with Gasteiger partial charge in [-0.3, -0.25) is 9.59 Å². The van der Waals surface area contributed by atoms with Gasteiger partial charge in [0.25, 0.3) is 5.91 Å². The van der Waals surface area contributed by atoms with E-state index in [1.807, 2.05) is 24.0 Å². The molecule has 1 aromatic carbocycles. The van der Waals surface area contributed by atoms with Gasteiger partial charge in [0, 0.05) is 19.2 Å². The SMILES string of the molecule is CCCC(=O)N1CCCC[C@H]1c1ncc(C(=O)Nc2ccccc2OC)c(C)n1. The molecule has 7 nitrogen and oxygen atoms in total. The molecule has 0 unspecified atom stereocenters. The van der Waals surface area contributed by atoms with Crippen LogP contribution in [0.25, 0.3) is 0 Å². The van der Waals surface area contributed by atoms with Gasteiger partial charge in [0.1, 0.15) is 5.75 Å². The fraction of sp³-hybridized carbons (Fsp3) is 0.455. The predicted octanol–water partition coefficient (Wildman–Crippen LogP) is 3.90. The van der Waals surface area contributed by atoms with Crippen LogP contribution in [0.1, 0.15) is 66.9 Å². The third-order valence-corrected chi connectivity index (χ3v) is 5.18. The van der Waals surface area contributed by atoms with Gasteiger partial charge >= 0.3 is 0 Å². The molecule has 1 fully saturated rings. The zero-order valence-electron chi connectivity index (χ0n) is 17.3. The number of aryl methyl sites for hydroxylation is 1. The molecule has 1 atom stereocenters. The van der Waals surface area contributed by atoms with Crippen molar-refractivity contribution in [1.82, 2.24) is 14.9 Å². The normalized spacial score (nSPS) is 16.4. The van der Waals surface area contributed by atoms with E-state index in [1.54, 1.807) is 32.4 Å². The van der Waals surface area contributed by atoms with Crippen LogP contribution in [0.5, 0.6) is 5.75 Å². The highest BCUT2D eigenvalue weighted by Gasteiger charge is 2.30. The molecule has 29 heavy (non-hydrogen) atoms. The summed E-state index contributed by atoms with van der Waals surface area (Å²) >= 11 is 0. The number of carbonyl (C=O) groups is 2. The minimum absolute atomic E-state index is 0.118. The molecule has 0 bridgehead atoms. The van der Waals surface area contributed by atoms with E-state index in [0.29, 0.717) is 34.9 Å². The summed E-state index contributed by atoms with van der Waals surface area (Å²) in [5, 5.41) is 2.85. The molecule has 1 saturated heterocycles. The number of benzene rings is 1. The molecule has 2 amide bonds. The summed E-state index contributed by atoms with van der Waals surface area (Å²) in [5.74, 6) is 1.06. The van der Waals surface area contributed by atoms with E-state index >= 15 is 0 Å². The summed E-state index contributed by atoms with van der Waals surface area (Å²) in [6, 6.07) is 7.11. The lowest BCUT2D eigenvalue weighted by molar-refractivity contribution is -0.135. The largest absolute Gasteiger partial charge is 0.495 e. The summed E-state index contributed by atoms with van der Waals surface area (Å²) in [7, 11) is 1.56. The van der Waals surface area contributed by atoms with Crippen LogP contribution in [0.3, 0.4) is 0 Å². The molecule has 1 N–H and O–H groups in total. The van der Waals surface area contributed by atoms with Gasteiger partial charge in [0.15, 0.2) is 5.82 Å². The standard InChI is InChI=1S/C22H28N4O3/c1-4-9-20(27)26-13-8-7-11-18(26)21-23-14-16(15(2)24-21)22(28)25-17-10-5-6-12-19(17)29-3/h5-6,10,12,14,18H,4,7-9,11,13H2,1-3H3,(H,25,28)/t18-/m0/s1. The Kier molecular flexibility index (Phi) is 6.80. The Morgan fingerprint density at radius 3 is 2.79 bits per heavy atom. The Balaban J connectivity index is 1.80. The van der Waals surface area contributed by atoms with Crippen LogP contribution in [-0.4, -0.2) is 40.3 Å². The van der Waals surface area contributed by atoms with Gasteiger partial charge in [-0.2, -0.15) is 0 Å². The van der Waals surface area contributed by atoms with Gasteiger partial charge in [-0.05, 0) is 44.7 Å². The Bertz CT molecular complexity index is 884.